The molecule has 1 saturated carbocycles. The Balaban J connectivity index is 2.31. The molecule has 1 aliphatic carbocycles. The van der Waals surface area contributed by atoms with Crippen molar-refractivity contribution in [1.82, 2.24) is 0 Å². The standard InChI is InChI=1S/C16H25FN2O/c1-11(18)15-10-14(17)6-7-16(15)19(8-9-20-3)12(2)13-4-5-13/h6-7,10-13H,4-5,8-9,18H2,1-3H3. The zero-order valence-corrected chi connectivity index (χ0v) is 12.6. The lowest BCUT2D eigenvalue weighted by atomic mass is 10.0. The van der Waals surface area contributed by atoms with Gasteiger partial charge in [-0.05, 0) is 56.4 Å². The van der Waals surface area contributed by atoms with Crippen molar-refractivity contribution in [1.29, 1.82) is 0 Å². The molecule has 0 bridgehead atoms. The lowest BCUT2D eigenvalue weighted by molar-refractivity contribution is 0.202. The SMILES string of the molecule is COCCN(c1ccc(F)cc1C(C)N)C(C)C1CC1. The molecule has 1 fully saturated rings. The molecule has 2 rings (SSSR count). The maximum Gasteiger partial charge on any atom is 0.123 e. The number of halogens is 1. The molecule has 3 nitrogen and oxygen atoms in total. The van der Waals surface area contributed by atoms with E-state index >= 15 is 0 Å². The highest BCUT2D eigenvalue weighted by molar-refractivity contribution is 5.56. The first-order chi connectivity index (χ1) is 9.54. The molecule has 0 spiro atoms. The zero-order chi connectivity index (χ0) is 14.7. The summed E-state index contributed by atoms with van der Waals surface area (Å²) in [7, 11) is 1.71. The Kier molecular flexibility index (Phi) is 5.00. The van der Waals surface area contributed by atoms with Gasteiger partial charge in [0, 0.05) is 31.4 Å². The number of benzene rings is 1. The van der Waals surface area contributed by atoms with Crippen molar-refractivity contribution in [2.45, 2.75) is 38.8 Å². The second-order valence-corrected chi connectivity index (χ2v) is 5.76. The highest BCUT2D eigenvalue weighted by Crippen LogP contribution is 2.38. The number of hydrogen-bond donors (Lipinski definition) is 1. The molecule has 2 unspecified atom stereocenters. The maximum absolute atomic E-state index is 13.5. The third-order valence-corrected chi connectivity index (χ3v) is 4.12. The summed E-state index contributed by atoms with van der Waals surface area (Å²) in [4.78, 5) is 2.32. The second-order valence-electron chi connectivity index (χ2n) is 5.76. The summed E-state index contributed by atoms with van der Waals surface area (Å²) in [6.45, 7) is 5.60. The van der Waals surface area contributed by atoms with Crippen molar-refractivity contribution in [3.8, 4) is 0 Å². The molecule has 112 valence electrons. The highest BCUT2D eigenvalue weighted by atomic mass is 19.1. The minimum absolute atomic E-state index is 0.183. The summed E-state index contributed by atoms with van der Waals surface area (Å²) in [5.74, 6) is 0.504. The van der Waals surface area contributed by atoms with Crippen molar-refractivity contribution in [3.63, 3.8) is 0 Å². The Labute approximate surface area is 120 Å². The summed E-state index contributed by atoms with van der Waals surface area (Å²) < 4.78 is 18.7. The molecule has 20 heavy (non-hydrogen) atoms. The van der Waals surface area contributed by atoms with Crippen molar-refractivity contribution in [2.24, 2.45) is 11.7 Å². The van der Waals surface area contributed by atoms with Crippen LogP contribution in [0.2, 0.25) is 0 Å². The summed E-state index contributed by atoms with van der Waals surface area (Å²) in [6, 6.07) is 5.17. The van der Waals surface area contributed by atoms with Gasteiger partial charge in [-0.15, -0.1) is 0 Å². The lowest BCUT2D eigenvalue weighted by Gasteiger charge is -2.34. The molecular formula is C16H25FN2O. The van der Waals surface area contributed by atoms with E-state index in [0.717, 1.165) is 23.7 Å². The number of nitrogens with two attached hydrogens (primary N) is 1. The van der Waals surface area contributed by atoms with Crippen LogP contribution in [0.25, 0.3) is 0 Å². The number of rotatable bonds is 7. The topological polar surface area (TPSA) is 38.5 Å². The van der Waals surface area contributed by atoms with Crippen LogP contribution in [0.3, 0.4) is 0 Å². The van der Waals surface area contributed by atoms with Gasteiger partial charge in [0.1, 0.15) is 5.82 Å². The van der Waals surface area contributed by atoms with Gasteiger partial charge in [0.25, 0.3) is 0 Å². The third-order valence-electron chi connectivity index (χ3n) is 4.12. The van der Waals surface area contributed by atoms with E-state index in [1.807, 2.05) is 13.0 Å². The average Bonchev–Trinajstić information content (AvgIpc) is 3.24. The van der Waals surface area contributed by atoms with Gasteiger partial charge in [0.2, 0.25) is 0 Å². The van der Waals surface area contributed by atoms with E-state index in [9.17, 15) is 4.39 Å². The Bertz CT molecular complexity index is 446. The van der Waals surface area contributed by atoms with Gasteiger partial charge in [0.15, 0.2) is 0 Å². The Morgan fingerprint density at radius 3 is 2.65 bits per heavy atom. The first-order valence-corrected chi connectivity index (χ1v) is 7.35. The third kappa shape index (κ3) is 3.49. The first-order valence-electron chi connectivity index (χ1n) is 7.35. The molecule has 0 amide bonds. The second kappa shape index (κ2) is 6.55. The predicted octanol–water partition coefficient (Wildman–Crippen LogP) is 3.10. The van der Waals surface area contributed by atoms with Gasteiger partial charge in [-0.2, -0.15) is 0 Å². The maximum atomic E-state index is 13.5. The van der Waals surface area contributed by atoms with Crippen LogP contribution in [-0.2, 0) is 4.74 Å². The summed E-state index contributed by atoms with van der Waals surface area (Å²) in [5, 5.41) is 0. The number of hydrogen-bond acceptors (Lipinski definition) is 3. The fraction of sp³-hybridized carbons (Fsp3) is 0.625. The Morgan fingerprint density at radius 2 is 2.10 bits per heavy atom. The van der Waals surface area contributed by atoms with Crippen molar-refractivity contribution in [2.75, 3.05) is 25.2 Å². The first kappa shape index (κ1) is 15.3. The minimum Gasteiger partial charge on any atom is -0.383 e. The van der Waals surface area contributed by atoms with Crippen LogP contribution in [0.15, 0.2) is 18.2 Å². The Hall–Kier alpha value is -1.13. The van der Waals surface area contributed by atoms with E-state index in [1.165, 1.54) is 18.9 Å². The monoisotopic (exact) mass is 280 g/mol. The molecule has 0 radical (unpaired) electrons. The fourth-order valence-corrected chi connectivity index (χ4v) is 2.72. The van der Waals surface area contributed by atoms with Crippen LogP contribution in [-0.4, -0.2) is 26.3 Å². The molecule has 2 atom stereocenters. The lowest BCUT2D eigenvalue weighted by Crippen LogP contribution is -2.38. The van der Waals surface area contributed by atoms with Gasteiger partial charge >= 0.3 is 0 Å². The number of methoxy groups -OCH3 is 1. The predicted molar refractivity (Wildman–Crippen MR) is 80.4 cm³/mol. The van der Waals surface area contributed by atoms with E-state index in [0.29, 0.717) is 12.6 Å². The van der Waals surface area contributed by atoms with E-state index in [1.54, 1.807) is 13.2 Å². The summed E-state index contributed by atoms with van der Waals surface area (Å²) in [5.41, 5.74) is 7.93. The number of nitrogens with zero attached hydrogens (tertiary/aromatic N) is 1. The van der Waals surface area contributed by atoms with Gasteiger partial charge < -0.3 is 15.4 Å². The summed E-state index contributed by atoms with van der Waals surface area (Å²) in [6.07, 6.45) is 2.55. The van der Waals surface area contributed by atoms with E-state index in [4.69, 9.17) is 10.5 Å². The normalized spacial score (nSPS) is 17.9. The highest BCUT2D eigenvalue weighted by Gasteiger charge is 2.33. The van der Waals surface area contributed by atoms with Gasteiger partial charge in [0.05, 0.1) is 6.61 Å². The number of ether oxygens (including phenoxy) is 1. The van der Waals surface area contributed by atoms with Crippen LogP contribution in [0, 0.1) is 11.7 Å². The fourth-order valence-electron chi connectivity index (χ4n) is 2.72. The number of anilines is 1. The van der Waals surface area contributed by atoms with E-state index in [-0.39, 0.29) is 11.9 Å². The molecule has 0 saturated heterocycles. The molecule has 1 aromatic rings. The molecule has 0 aliphatic heterocycles. The van der Waals surface area contributed by atoms with E-state index in [2.05, 4.69) is 11.8 Å². The summed E-state index contributed by atoms with van der Waals surface area (Å²) >= 11 is 0. The largest absolute Gasteiger partial charge is 0.383 e. The van der Waals surface area contributed by atoms with Crippen LogP contribution in [0.1, 0.15) is 38.3 Å². The molecule has 4 heteroatoms. The molecule has 2 N–H and O–H groups in total. The average molecular weight is 280 g/mol. The van der Waals surface area contributed by atoms with Gasteiger partial charge in [-0.25, -0.2) is 4.39 Å². The van der Waals surface area contributed by atoms with Crippen LogP contribution in [0.4, 0.5) is 10.1 Å². The van der Waals surface area contributed by atoms with Crippen molar-refractivity contribution in [3.05, 3.63) is 29.6 Å². The van der Waals surface area contributed by atoms with Crippen molar-refractivity contribution >= 4 is 5.69 Å². The van der Waals surface area contributed by atoms with Crippen LogP contribution in [0.5, 0.6) is 0 Å². The van der Waals surface area contributed by atoms with Gasteiger partial charge in [-0.1, -0.05) is 0 Å². The van der Waals surface area contributed by atoms with Crippen LogP contribution >= 0.6 is 0 Å². The molecule has 1 aliphatic rings. The molecule has 0 heterocycles. The molecule has 1 aromatic carbocycles. The zero-order valence-electron chi connectivity index (χ0n) is 12.6. The van der Waals surface area contributed by atoms with Gasteiger partial charge in [-0.3, -0.25) is 0 Å². The van der Waals surface area contributed by atoms with Crippen molar-refractivity contribution < 1.29 is 9.13 Å². The van der Waals surface area contributed by atoms with Crippen LogP contribution < -0.4 is 10.6 Å². The minimum atomic E-state index is -0.230. The molecular weight excluding hydrogens is 255 g/mol. The smallest absolute Gasteiger partial charge is 0.123 e. The van der Waals surface area contributed by atoms with E-state index < -0.39 is 0 Å². The quantitative estimate of drug-likeness (QED) is 0.834. The molecule has 0 aromatic heterocycles. The Morgan fingerprint density at radius 1 is 1.40 bits per heavy atom.